The highest BCUT2D eigenvalue weighted by atomic mass is 16.1. The number of anilines is 4. The fourth-order valence-corrected chi connectivity index (χ4v) is 3.06. The number of benzene rings is 2. The molecule has 0 radical (unpaired) electrons. The van der Waals surface area contributed by atoms with Crippen LogP contribution in [0.3, 0.4) is 0 Å². The summed E-state index contributed by atoms with van der Waals surface area (Å²) in [7, 11) is 0. The number of nitrogens with zero attached hydrogens (tertiary/aromatic N) is 2. The number of hydrogen-bond acceptors (Lipinski definition) is 4. The first-order valence-corrected chi connectivity index (χ1v) is 9.55. The summed E-state index contributed by atoms with van der Waals surface area (Å²) in [6.45, 7) is 8.20. The molecule has 5 nitrogen and oxygen atoms in total. The Kier molecular flexibility index (Phi) is 6.27. The van der Waals surface area contributed by atoms with Gasteiger partial charge in [0.05, 0.1) is 0 Å². The number of hydrogen-bond donors (Lipinski definition) is 2. The molecule has 0 unspecified atom stereocenters. The largest absolute Gasteiger partial charge is 0.372 e. The first kappa shape index (κ1) is 19.4. The van der Waals surface area contributed by atoms with Crippen LogP contribution in [0.4, 0.5) is 22.9 Å². The van der Waals surface area contributed by atoms with Gasteiger partial charge in [-0.2, -0.15) is 0 Å². The minimum Gasteiger partial charge on any atom is -0.372 e. The van der Waals surface area contributed by atoms with Crippen molar-refractivity contribution in [2.24, 2.45) is 0 Å². The average Bonchev–Trinajstić information content (AvgIpc) is 2.70. The summed E-state index contributed by atoms with van der Waals surface area (Å²) in [4.78, 5) is 19.2. The molecule has 0 aliphatic carbocycles. The minimum atomic E-state index is -0.162. The first-order valence-electron chi connectivity index (χ1n) is 9.55. The highest BCUT2D eigenvalue weighted by Gasteiger charge is 2.09. The third-order valence-corrected chi connectivity index (χ3v) is 4.57. The van der Waals surface area contributed by atoms with Crippen LogP contribution in [-0.4, -0.2) is 24.0 Å². The second kappa shape index (κ2) is 9.04. The van der Waals surface area contributed by atoms with Crippen LogP contribution in [0, 0.1) is 6.92 Å². The van der Waals surface area contributed by atoms with Crippen molar-refractivity contribution in [1.29, 1.82) is 0 Å². The zero-order chi connectivity index (χ0) is 19.9. The maximum atomic E-state index is 12.6. The SMILES string of the molecule is CCN(CC)c1ccc(NC(=O)c2ccnc(Nc3cccc(C)c3)c2)cc1. The van der Waals surface area contributed by atoms with Crippen molar-refractivity contribution in [3.8, 4) is 0 Å². The third kappa shape index (κ3) is 4.88. The predicted molar refractivity (Wildman–Crippen MR) is 117 cm³/mol. The lowest BCUT2D eigenvalue weighted by atomic mass is 10.2. The average molecular weight is 374 g/mol. The summed E-state index contributed by atoms with van der Waals surface area (Å²) in [5, 5.41) is 6.19. The number of pyridine rings is 1. The van der Waals surface area contributed by atoms with Crippen LogP contribution in [0.25, 0.3) is 0 Å². The monoisotopic (exact) mass is 374 g/mol. The Hall–Kier alpha value is -3.34. The normalized spacial score (nSPS) is 10.4. The van der Waals surface area contributed by atoms with Gasteiger partial charge in [-0.05, 0) is 74.9 Å². The van der Waals surface area contributed by atoms with Gasteiger partial charge in [0.2, 0.25) is 0 Å². The van der Waals surface area contributed by atoms with E-state index >= 15 is 0 Å². The van der Waals surface area contributed by atoms with Crippen molar-refractivity contribution in [2.75, 3.05) is 28.6 Å². The van der Waals surface area contributed by atoms with Crippen LogP contribution < -0.4 is 15.5 Å². The molecule has 1 heterocycles. The van der Waals surface area contributed by atoms with Gasteiger partial charge in [-0.15, -0.1) is 0 Å². The fraction of sp³-hybridized carbons (Fsp3) is 0.217. The molecule has 3 aromatic rings. The standard InChI is InChI=1S/C23H26N4O/c1-4-27(5-2)21-11-9-19(10-12-21)26-23(28)18-13-14-24-22(16-18)25-20-8-6-7-17(3)15-20/h6-16H,4-5H2,1-3H3,(H,24,25)(H,26,28). The van der Waals surface area contributed by atoms with Crippen molar-refractivity contribution in [3.05, 3.63) is 78.0 Å². The Labute approximate surface area is 166 Å². The van der Waals surface area contributed by atoms with E-state index < -0.39 is 0 Å². The van der Waals surface area contributed by atoms with E-state index in [2.05, 4.69) is 34.4 Å². The lowest BCUT2D eigenvalue weighted by Crippen LogP contribution is -2.21. The molecule has 0 aliphatic heterocycles. The third-order valence-electron chi connectivity index (χ3n) is 4.57. The lowest BCUT2D eigenvalue weighted by Gasteiger charge is -2.21. The van der Waals surface area contributed by atoms with E-state index in [1.807, 2.05) is 55.5 Å². The van der Waals surface area contributed by atoms with E-state index in [1.54, 1.807) is 18.3 Å². The van der Waals surface area contributed by atoms with Crippen molar-refractivity contribution in [3.63, 3.8) is 0 Å². The van der Waals surface area contributed by atoms with Crippen LogP contribution in [0.2, 0.25) is 0 Å². The van der Waals surface area contributed by atoms with Crippen molar-refractivity contribution in [2.45, 2.75) is 20.8 Å². The number of nitrogens with one attached hydrogen (secondary N) is 2. The van der Waals surface area contributed by atoms with Gasteiger partial charge < -0.3 is 15.5 Å². The Bertz CT molecular complexity index is 933. The van der Waals surface area contributed by atoms with Gasteiger partial charge in [0.1, 0.15) is 5.82 Å². The summed E-state index contributed by atoms with van der Waals surface area (Å²) >= 11 is 0. The summed E-state index contributed by atoms with van der Waals surface area (Å²) < 4.78 is 0. The molecule has 0 spiro atoms. The van der Waals surface area contributed by atoms with Crippen LogP contribution in [0.1, 0.15) is 29.8 Å². The van der Waals surface area contributed by atoms with Gasteiger partial charge in [-0.1, -0.05) is 12.1 Å². The maximum Gasteiger partial charge on any atom is 0.255 e. The number of amides is 1. The first-order chi connectivity index (χ1) is 13.6. The highest BCUT2D eigenvalue weighted by molar-refractivity contribution is 6.04. The summed E-state index contributed by atoms with van der Waals surface area (Å²) in [6, 6.07) is 19.4. The lowest BCUT2D eigenvalue weighted by molar-refractivity contribution is 0.102. The van der Waals surface area contributed by atoms with E-state index in [1.165, 1.54) is 0 Å². The van der Waals surface area contributed by atoms with Gasteiger partial charge in [-0.25, -0.2) is 4.98 Å². The van der Waals surface area contributed by atoms with E-state index in [0.29, 0.717) is 11.4 Å². The molecular weight excluding hydrogens is 348 g/mol. The topological polar surface area (TPSA) is 57.3 Å². The Morgan fingerprint density at radius 3 is 2.39 bits per heavy atom. The molecule has 2 aromatic carbocycles. The molecule has 1 amide bonds. The highest BCUT2D eigenvalue weighted by Crippen LogP contribution is 2.20. The Morgan fingerprint density at radius 2 is 1.71 bits per heavy atom. The van der Waals surface area contributed by atoms with Gasteiger partial charge in [-0.3, -0.25) is 4.79 Å². The molecule has 0 saturated carbocycles. The summed E-state index contributed by atoms with van der Waals surface area (Å²) in [6.07, 6.45) is 1.64. The van der Waals surface area contributed by atoms with Crippen LogP contribution in [-0.2, 0) is 0 Å². The molecule has 0 saturated heterocycles. The molecule has 2 N–H and O–H groups in total. The van der Waals surface area contributed by atoms with E-state index in [9.17, 15) is 4.79 Å². The number of carbonyl (C=O) groups excluding carboxylic acids is 1. The molecule has 0 bridgehead atoms. The van der Waals surface area contributed by atoms with Gasteiger partial charge in [0.15, 0.2) is 0 Å². The van der Waals surface area contributed by atoms with E-state index in [0.717, 1.165) is 35.7 Å². The molecule has 0 fully saturated rings. The number of carbonyl (C=O) groups is 1. The molecule has 5 heteroatoms. The fourth-order valence-electron chi connectivity index (χ4n) is 3.06. The zero-order valence-corrected chi connectivity index (χ0v) is 16.6. The van der Waals surface area contributed by atoms with Gasteiger partial charge in [0.25, 0.3) is 5.91 Å². The second-order valence-corrected chi connectivity index (χ2v) is 6.60. The van der Waals surface area contributed by atoms with E-state index in [4.69, 9.17) is 0 Å². The molecule has 3 rings (SSSR count). The Balaban J connectivity index is 1.69. The molecular formula is C23H26N4O. The number of rotatable bonds is 7. The molecule has 0 aliphatic rings. The molecule has 144 valence electrons. The van der Waals surface area contributed by atoms with Crippen LogP contribution >= 0.6 is 0 Å². The van der Waals surface area contributed by atoms with Crippen molar-refractivity contribution < 1.29 is 4.79 Å². The molecule has 28 heavy (non-hydrogen) atoms. The number of aryl methyl sites for hydroxylation is 1. The zero-order valence-electron chi connectivity index (χ0n) is 16.6. The quantitative estimate of drug-likeness (QED) is 0.594. The van der Waals surface area contributed by atoms with Crippen molar-refractivity contribution in [1.82, 2.24) is 4.98 Å². The van der Waals surface area contributed by atoms with Gasteiger partial charge >= 0.3 is 0 Å². The summed E-state index contributed by atoms with van der Waals surface area (Å²) in [5.41, 5.74) is 4.57. The molecule has 0 atom stereocenters. The van der Waals surface area contributed by atoms with E-state index in [-0.39, 0.29) is 5.91 Å². The van der Waals surface area contributed by atoms with Crippen molar-refractivity contribution >= 4 is 28.8 Å². The smallest absolute Gasteiger partial charge is 0.255 e. The number of aromatic nitrogens is 1. The van der Waals surface area contributed by atoms with Gasteiger partial charge in [0, 0.05) is 41.9 Å². The molecule has 1 aromatic heterocycles. The second-order valence-electron chi connectivity index (χ2n) is 6.60. The Morgan fingerprint density at radius 1 is 0.964 bits per heavy atom. The summed E-state index contributed by atoms with van der Waals surface area (Å²) in [5.74, 6) is 0.473. The van der Waals surface area contributed by atoms with Crippen LogP contribution in [0.15, 0.2) is 66.9 Å². The minimum absolute atomic E-state index is 0.162. The van der Waals surface area contributed by atoms with Crippen LogP contribution in [0.5, 0.6) is 0 Å². The maximum absolute atomic E-state index is 12.6. The predicted octanol–water partition coefficient (Wildman–Crippen LogP) is 5.23.